The summed E-state index contributed by atoms with van der Waals surface area (Å²) in [4.78, 5) is 23.2. The van der Waals surface area contributed by atoms with Crippen LogP contribution in [0.2, 0.25) is 0 Å². The first-order chi connectivity index (χ1) is 14.0. The zero-order valence-corrected chi connectivity index (χ0v) is 19.0. The lowest BCUT2D eigenvalue weighted by atomic mass is 10.2. The second kappa shape index (κ2) is 10.1. The van der Waals surface area contributed by atoms with Crippen molar-refractivity contribution in [2.75, 3.05) is 44.9 Å². The summed E-state index contributed by atoms with van der Waals surface area (Å²) in [6, 6.07) is 13.7. The summed E-state index contributed by atoms with van der Waals surface area (Å²) in [5, 5.41) is 0.727. The van der Waals surface area contributed by atoms with Crippen LogP contribution in [0.25, 0.3) is 10.2 Å². The molecule has 0 N–H and O–H groups in total. The Bertz CT molecular complexity index is 972. The van der Waals surface area contributed by atoms with Crippen LogP contribution in [-0.4, -0.2) is 55.8 Å². The molecule has 29 heavy (non-hydrogen) atoms. The van der Waals surface area contributed by atoms with E-state index in [1.807, 2.05) is 61.5 Å². The Kier molecular flexibility index (Phi) is 7.52. The predicted octanol–water partition coefficient (Wildman–Crippen LogP) is 5.02. The molecule has 0 bridgehead atoms. The van der Waals surface area contributed by atoms with Crippen LogP contribution < -0.4 is 9.64 Å². The van der Waals surface area contributed by atoms with Crippen molar-refractivity contribution in [3.8, 4) is 5.75 Å². The van der Waals surface area contributed by atoms with Crippen molar-refractivity contribution < 1.29 is 9.53 Å². The zero-order valence-electron chi connectivity index (χ0n) is 17.3. The minimum Gasteiger partial charge on any atom is -0.497 e. The van der Waals surface area contributed by atoms with E-state index in [-0.39, 0.29) is 5.91 Å². The lowest BCUT2D eigenvalue weighted by molar-refractivity contribution is 0.0986. The molecule has 3 aromatic rings. The Morgan fingerprint density at radius 1 is 1.17 bits per heavy atom. The molecule has 0 fully saturated rings. The minimum atomic E-state index is -0.00618. The standard InChI is InChI=1S/C22H27N3O2S2/c1-5-28-18-9-6-8-16(14-18)21(26)25(13-7-12-24(2)3)22-23-19-11-10-17(27-4)15-20(19)29-22/h6,8-11,14-15H,5,7,12-13H2,1-4H3. The van der Waals surface area contributed by atoms with Gasteiger partial charge in [-0.3, -0.25) is 9.69 Å². The highest BCUT2D eigenvalue weighted by atomic mass is 32.2. The van der Waals surface area contributed by atoms with E-state index in [1.54, 1.807) is 18.9 Å². The third kappa shape index (κ3) is 5.50. The lowest BCUT2D eigenvalue weighted by Crippen LogP contribution is -2.33. The van der Waals surface area contributed by atoms with Gasteiger partial charge in [-0.15, -0.1) is 11.8 Å². The summed E-state index contributed by atoms with van der Waals surface area (Å²) < 4.78 is 6.34. The first-order valence-electron chi connectivity index (χ1n) is 9.66. The number of ether oxygens (including phenoxy) is 1. The van der Waals surface area contributed by atoms with E-state index in [0.717, 1.165) is 44.7 Å². The molecule has 0 atom stereocenters. The molecule has 3 rings (SSSR count). The van der Waals surface area contributed by atoms with Crippen LogP contribution in [0.1, 0.15) is 23.7 Å². The van der Waals surface area contributed by atoms with Gasteiger partial charge >= 0.3 is 0 Å². The molecule has 154 valence electrons. The monoisotopic (exact) mass is 429 g/mol. The minimum absolute atomic E-state index is 0.00618. The fourth-order valence-corrected chi connectivity index (χ4v) is 4.74. The summed E-state index contributed by atoms with van der Waals surface area (Å²) in [7, 11) is 5.74. The average Bonchev–Trinajstić information content (AvgIpc) is 3.13. The SMILES string of the molecule is CCSc1cccc(C(=O)N(CCCN(C)C)c2nc3ccc(OC)cc3s2)c1. The Hall–Kier alpha value is -2.09. The number of methoxy groups -OCH3 is 1. The molecular weight excluding hydrogens is 402 g/mol. The molecule has 0 spiro atoms. The molecule has 7 heteroatoms. The number of thioether (sulfide) groups is 1. The molecule has 0 radical (unpaired) electrons. The lowest BCUT2D eigenvalue weighted by Gasteiger charge is -2.21. The van der Waals surface area contributed by atoms with Crippen LogP contribution in [0.4, 0.5) is 5.13 Å². The van der Waals surface area contributed by atoms with Crippen molar-refractivity contribution in [2.45, 2.75) is 18.2 Å². The number of thiazole rings is 1. The highest BCUT2D eigenvalue weighted by Crippen LogP contribution is 2.32. The molecule has 0 aliphatic carbocycles. The summed E-state index contributed by atoms with van der Waals surface area (Å²) in [6.45, 7) is 3.65. The molecule has 1 amide bonds. The van der Waals surface area contributed by atoms with E-state index in [1.165, 1.54) is 11.3 Å². The maximum Gasteiger partial charge on any atom is 0.260 e. The molecule has 0 saturated carbocycles. The largest absolute Gasteiger partial charge is 0.497 e. The Balaban J connectivity index is 1.93. The third-order valence-corrected chi connectivity index (χ3v) is 6.36. The van der Waals surface area contributed by atoms with Gasteiger partial charge in [0.2, 0.25) is 0 Å². The van der Waals surface area contributed by atoms with Crippen molar-refractivity contribution in [3.63, 3.8) is 0 Å². The van der Waals surface area contributed by atoms with Crippen LogP contribution in [0.5, 0.6) is 5.75 Å². The van der Waals surface area contributed by atoms with Gasteiger partial charge in [-0.25, -0.2) is 4.98 Å². The van der Waals surface area contributed by atoms with Gasteiger partial charge in [0.15, 0.2) is 5.13 Å². The third-order valence-electron chi connectivity index (χ3n) is 4.44. The van der Waals surface area contributed by atoms with Crippen LogP contribution in [0, 0.1) is 0 Å². The number of carbonyl (C=O) groups excluding carboxylic acids is 1. The number of nitrogens with zero attached hydrogens (tertiary/aromatic N) is 3. The number of rotatable bonds is 9. The predicted molar refractivity (Wildman–Crippen MR) is 124 cm³/mol. The van der Waals surface area contributed by atoms with Crippen LogP contribution >= 0.6 is 23.1 Å². The number of hydrogen-bond acceptors (Lipinski definition) is 6. The van der Waals surface area contributed by atoms with Crippen molar-refractivity contribution >= 4 is 44.4 Å². The van der Waals surface area contributed by atoms with Gasteiger partial charge in [0.05, 0.1) is 17.3 Å². The summed E-state index contributed by atoms with van der Waals surface area (Å²) in [5.74, 6) is 1.76. The number of benzene rings is 2. The number of amides is 1. The number of hydrogen-bond donors (Lipinski definition) is 0. The molecule has 5 nitrogen and oxygen atoms in total. The summed E-state index contributed by atoms with van der Waals surface area (Å²) in [6.07, 6.45) is 0.876. The number of aromatic nitrogens is 1. The Morgan fingerprint density at radius 3 is 2.72 bits per heavy atom. The smallest absolute Gasteiger partial charge is 0.260 e. The van der Waals surface area contributed by atoms with Crippen molar-refractivity contribution in [3.05, 3.63) is 48.0 Å². The molecule has 1 heterocycles. The van der Waals surface area contributed by atoms with Crippen LogP contribution in [0.15, 0.2) is 47.4 Å². The maximum atomic E-state index is 13.4. The Labute approximate surface area is 180 Å². The van der Waals surface area contributed by atoms with E-state index < -0.39 is 0 Å². The van der Waals surface area contributed by atoms with Gasteiger partial charge in [-0.1, -0.05) is 24.3 Å². The number of carbonyl (C=O) groups is 1. The Morgan fingerprint density at radius 2 is 2.00 bits per heavy atom. The summed E-state index contributed by atoms with van der Waals surface area (Å²) in [5.41, 5.74) is 1.58. The molecular formula is C22H27N3O2S2. The quantitative estimate of drug-likeness (QED) is 0.447. The van der Waals surface area contributed by atoms with Gasteiger partial charge in [0.1, 0.15) is 5.75 Å². The molecule has 0 aliphatic rings. The fourth-order valence-electron chi connectivity index (χ4n) is 3.01. The molecule has 0 aliphatic heterocycles. The van der Waals surface area contributed by atoms with Crippen molar-refractivity contribution in [1.29, 1.82) is 0 Å². The van der Waals surface area contributed by atoms with Crippen LogP contribution in [-0.2, 0) is 0 Å². The van der Waals surface area contributed by atoms with Gasteiger partial charge in [0.25, 0.3) is 5.91 Å². The van der Waals surface area contributed by atoms with Crippen LogP contribution in [0.3, 0.4) is 0 Å². The van der Waals surface area contributed by atoms with E-state index in [2.05, 4.69) is 11.8 Å². The van der Waals surface area contributed by atoms with E-state index >= 15 is 0 Å². The molecule has 1 aromatic heterocycles. The van der Waals surface area contributed by atoms with E-state index in [0.29, 0.717) is 12.1 Å². The van der Waals surface area contributed by atoms with Gasteiger partial charge in [-0.2, -0.15) is 0 Å². The normalized spacial score (nSPS) is 11.2. The van der Waals surface area contributed by atoms with Gasteiger partial charge in [0, 0.05) is 17.0 Å². The fraction of sp³-hybridized carbons (Fsp3) is 0.364. The summed E-state index contributed by atoms with van der Waals surface area (Å²) >= 11 is 3.27. The molecule has 0 unspecified atom stereocenters. The zero-order chi connectivity index (χ0) is 20.8. The van der Waals surface area contributed by atoms with Crippen molar-refractivity contribution in [1.82, 2.24) is 9.88 Å². The number of anilines is 1. The van der Waals surface area contributed by atoms with Crippen molar-refractivity contribution in [2.24, 2.45) is 0 Å². The first kappa shape index (κ1) is 21.6. The highest BCUT2D eigenvalue weighted by Gasteiger charge is 2.21. The second-order valence-electron chi connectivity index (χ2n) is 6.90. The first-order valence-corrected chi connectivity index (χ1v) is 11.5. The topological polar surface area (TPSA) is 45.7 Å². The second-order valence-corrected chi connectivity index (χ2v) is 9.25. The maximum absolute atomic E-state index is 13.4. The molecule has 2 aromatic carbocycles. The van der Waals surface area contributed by atoms with E-state index in [9.17, 15) is 4.79 Å². The molecule has 0 saturated heterocycles. The van der Waals surface area contributed by atoms with E-state index in [4.69, 9.17) is 9.72 Å². The highest BCUT2D eigenvalue weighted by molar-refractivity contribution is 7.99. The average molecular weight is 430 g/mol. The van der Waals surface area contributed by atoms with Gasteiger partial charge < -0.3 is 9.64 Å². The number of fused-ring (bicyclic) bond motifs is 1. The van der Waals surface area contributed by atoms with Gasteiger partial charge in [-0.05, 0) is 69.2 Å².